The standard InChI is InChI=1S/C16H21N5.HI/c1-20-11-13(10-18-16(17)21(2)14-8-9-14)15(19-20)12-6-4-3-5-7-12;/h3-7,11,14H,8-10H2,1-2H3,(H2,17,18);1H. The molecule has 22 heavy (non-hydrogen) atoms. The Morgan fingerprint density at radius 2 is 2.05 bits per heavy atom. The van der Waals surface area contributed by atoms with Gasteiger partial charge in [0.2, 0.25) is 0 Å². The second-order valence-corrected chi connectivity index (χ2v) is 5.56. The van der Waals surface area contributed by atoms with Crippen LogP contribution in [0.1, 0.15) is 18.4 Å². The quantitative estimate of drug-likeness (QED) is 0.478. The molecular formula is C16H22IN5. The van der Waals surface area contributed by atoms with E-state index >= 15 is 0 Å². The Labute approximate surface area is 148 Å². The van der Waals surface area contributed by atoms with Gasteiger partial charge in [0, 0.05) is 37.5 Å². The molecule has 0 unspecified atom stereocenters. The Morgan fingerprint density at radius 1 is 1.36 bits per heavy atom. The maximum atomic E-state index is 6.05. The highest BCUT2D eigenvalue weighted by atomic mass is 127. The van der Waals surface area contributed by atoms with Crippen molar-refractivity contribution in [3.63, 3.8) is 0 Å². The van der Waals surface area contributed by atoms with Crippen molar-refractivity contribution in [2.45, 2.75) is 25.4 Å². The number of aromatic nitrogens is 2. The van der Waals surface area contributed by atoms with E-state index in [-0.39, 0.29) is 24.0 Å². The molecule has 1 fully saturated rings. The molecule has 1 aliphatic carbocycles. The molecule has 0 bridgehead atoms. The molecule has 2 aromatic rings. The van der Waals surface area contributed by atoms with E-state index in [0.717, 1.165) is 16.8 Å². The van der Waals surface area contributed by atoms with Gasteiger partial charge in [-0.15, -0.1) is 24.0 Å². The van der Waals surface area contributed by atoms with Crippen LogP contribution in [-0.4, -0.2) is 33.7 Å². The lowest BCUT2D eigenvalue weighted by molar-refractivity contribution is 0.487. The zero-order valence-corrected chi connectivity index (χ0v) is 15.3. The molecule has 5 nitrogen and oxygen atoms in total. The Kier molecular flexibility index (Phi) is 5.44. The van der Waals surface area contributed by atoms with E-state index in [2.05, 4.69) is 27.1 Å². The van der Waals surface area contributed by atoms with Gasteiger partial charge in [-0.3, -0.25) is 4.68 Å². The number of aryl methyl sites for hydroxylation is 1. The zero-order chi connectivity index (χ0) is 14.8. The number of hydrogen-bond acceptors (Lipinski definition) is 2. The maximum Gasteiger partial charge on any atom is 0.191 e. The first-order valence-electron chi connectivity index (χ1n) is 7.26. The maximum absolute atomic E-state index is 6.05. The Morgan fingerprint density at radius 3 is 2.68 bits per heavy atom. The topological polar surface area (TPSA) is 59.4 Å². The van der Waals surface area contributed by atoms with Gasteiger partial charge in [-0.1, -0.05) is 30.3 Å². The minimum absolute atomic E-state index is 0. The fourth-order valence-corrected chi connectivity index (χ4v) is 2.42. The van der Waals surface area contributed by atoms with Crippen LogP contribution in [0.4, 0.5) is 0 Å². The van der Waals surface area contributed by atoms with Crippen LogP contribution < -0.4 is 5.73 Å². The number of guanidine groups is 1. The summed E-state index contributed by atoms with van der Waals surface area (Å²) >= 11 is 0. The lowest BCUT2D eigenvalue weighted by atomic mass is 10.1. The highest BCUT2D eigenvalue weighted by molar-refractivity contribution is 14.0. The van der Waals surface area contributed by atoms with Crippen LogP contribution >= 0.6 is 24.0 Å². The number of benzene rings is 1. The van der Waals surface area contributed by atoms with E-state index < -0.39 is 0 Å². The minimum atomic E-state index is 0. The molecule has 2 N–H and O–H groups in total. The van der Waals surface area contributed by atoms with E-state index in [1.54, 1.807) is 0 Å². The number of hydrogen-bond donors (Lipinski definition) is 1. The first-order chi connectivity index (χ1) is 10.1. The van der Waals surface area contributed by atoms with E-state index in [1.807, 2.05) is 43.2 Å². The van der Waals surface area contributed by atoms with E-state index in [1.165, 1.54) is 12.8 Å². The van der Waals surface area contributed by atoms with Gasteiger partial charge in [0.25, 0.3) is 0 Å². The van der Waals surface area contributed by atoms with Crippen LogP contribution in [0.3, 0.4) is 0 Å². The smallest absolute Gasteiger partial charge is 0.191 e. The Hall–Kier alpha value is -1.57. The first kappa shape index (κ1) is 16.8. The van der Waals surface area contributed by atoms with Crippen molar-refractivity contribution in [2.24, 2.45) is 17.8 Å². The number of halogens is 1. The van der Waals surface area contributed by atoms with E-state index in [0.29, 0.717) is 18.5 Å². The lowest BCUT2D eigenvalue weighted by Crippen LogP contribution is -2.35. The third kappa shape index (κ3) is 3.79. The summed E-state index contributed by atoms with van der Waals surface area (Å²) in [7, 11) is 3.94. The van der Waals surface area contributed by atoms with Crippen molar-refractivity contribution in [3.8, 4) is 11.3 Å². The number of rotatable bonds is 4. The Balaban J connectivity index is 0.00000176. The van der Waals surface area contributed by atoms with Gasteiger partial charge in [-0.2, -0.15) is 5.10 Å². The monoisotopic (exact) mass is 411 g/mol. The predicted molar refractivity (Wildman–Crippen MR) is 100 cm³/mol. The van der Waals surface area contributed by atoms with Crippen LogP contribution in [-0.2, 0) is 13.6 Å². The van der Waals surface area contributed by atoms with Crippen LogP contribution in [0.5, 0.6) is 0 Å². The van der Waals surface area contributed by atoms with Crippen molar-refractivity contribution < 1.29 is 0 Å². The van der Waals surface area contributed by atoms with Crippen LogP contribution in [0.2, 0.25) is 0 Å². The molecule has 0 spiro atoms. The summed E-state index contributed by atoms with van der Waals surface area (Å²) in [5.74, 6) is 0.611. The third-order valence-electron chi connectivity index (χ3n) is 3.82. The van der Waals surface area contributed by atoms with Gasteiger partial charge in [-0.25, -0.2) is 4.99 Å². The summed E-state index contributed by atoms with van der Waals surface area (Å²) in [6, 6.07) is 10.8. The fourth-order valence-electron chi connectivity index (χ4n) is 2.42. The second kappa shape index (κ2) is 7.13. The average molecular weight is 411 g/mol. The van der Waals surface area contributed by atoms with Crippen LogP contribution in [0, 0.1) is 0 Å². The van der Waals surface area contributed by atoms with Gasteiger partial charge in [0.15, 0.2) is 5.96 Å². The molecule has 0 saturated heterocycles. The van der Waals surface area contributed by atoms with E-state index in [9.17, 15) is 0 Å². The van der Waals surface area contributed by atoms with Crippen molar-refractivity contribution in [1.29, 1.82) is 0 Å². The second-order valence-electron chi connectivity index (χ2n) is 5.56. The summed E-state index contributed by atoms with van der Waals surface area (Å²) in [4.78, 5) is 6.59. The summed E-state index contributed by atoms with van der Waals surface area (Å²) in [5.41, 5.74) is 9.23. The average Bonchev–Trinajstić information content (AvgIpc) is 3.28. The van der Waals surface area contributed by atoms with Crippen molar-refractivity contribution >= 4 is 29.9 Å². The van der Waals surface area contributed by atoms with Crippen molar-refractivity contribution in [1.82, 2.24) is 14.7 Å². The zero-order valence-electron chi connectivity index (χ0n) is 12.9. The molecule has 0 atom stereocenters. The van der Waals surface area contributed by atoms with Gasteiger partial charge >= 0.3 is 0 Å². The molecule has 1 saturated carbocycles. The van der Waals surface area contributed by atoms with Crippen molar-refractivity contribution in [2.75, 3.05) is 7.05 Å². The number of nitrogens with two attached hydrogens (primary N) is 1. The van der Waals surface area contributed by atoms with Crippen LogP contribution in [0.15, 0.2) is 41.5 Å². The molecule has 0 amide bonds. The largest absolute Gasteiger partial charge is 0.370 e. The molecule has 1 aliphatic rings. The normalized spacial score (nSPS) is 14.5. The highest BCUT2D eigenvalue weighted by Crippen LogP contribution is 2.25. The molecule has 1 aromatic carbocycles. The van der Waals surface area contributed by atoms with Gasteiger partial charge in [-0.05, 0) is 12.8 Å². The van der Waals surface area contributed by atoms with Gasteiger partial charge in [0.05, 0.1) is 12.2 Å². The number of nitrogens with zero attached hydrogens (tertiary/aromatic N) is 4. The molecule has 6 heteroatoms. The van der Waals surface area contributed by atoms with E-state index in [4.69, 9.17) is 5.73 Å². The summed E-state index contributed by atoms with van der Waals surface area (Å²) < 4.78 is 1.83. The van der Waals surface area contributed by atoms with Gasteiger partial charge in [0.1, 0.15) is 0 Å². The molecule has 0 radical (unpaired) electrons. The summed E-state index contributed by atoms with van der Waals surface area (Å²) in [6.45, 7) is 0.557. The fraction of sp³-hybridized carbons (Fsp3) is 0.375. The Bertz CT molecular complexity index is 646. The molecule has 3 rings (SSSR count). The molecule has 1 heterocycles. The molecule has 118 valence electrons. The summed E-state index contributed by atoms with van der Waals surface area (Å²) in [6.07, 6.45) is 4.44. The first-order valence-corrected chi connectivity index (χ1v) is 7.26. The van der Waals surface area contributed by atoms with Crippen LogP contribution in [0.25, 0.3) is 11.3 Å². The highest BCUT2D eigenvalue weighted by Gasteiger charge is 2.27. The third-order valence-corrected chi connectivity index (χ3v) is 3.82. The SMILES string of the molecule is CN(C(N)=NCc1cn(C)nc1-c1ccccc1)C1CC1.I. The molecule has 1 aromatic heterocycles. The molecular weight excluding hydrogens is 389 g/mol. The van der Waals surface area contributed by atoms with Gasteiger partial charge < -0.3 is 10.6 Å². The number of aliphatic imine (C=N–C) groups is 1. The minimum Gasteiger partial charge on any atom is -0.370 e. The lowest BCUT2D eigenvalue weighted by Gasteiger charge is -2.16. The molecule has 0 aliphatic heterocycles. The summed E-state index contributed by atoms with van der Waals surface area (Å²) in [5, 5.41) is 4.54. The van der Waals surface area contributed by atoms with Crippen molar-refractivity contribution in [3.05, 3.63) is 42.1 Å². The predicted octanol–water partition coefficient (Wildman–Crippen LogP) is 2.61.